The molecule has 104 valence electrons. The van der Waals surface area contributed by atoms with Gasteiger partial charge < -0.3 is 11.1 Å². The Morgan fingerprint density at radius 1 is 1.15 bits per heavy atom. The summed E-state index contributed by atoms with van der Waals surface area (Å²) in [4.78, 5) is 10.3. The first-order chi connectivity index (χ1) is 9.65. The van der Waals surface area contributed by atoms with Crippen LogP contribution in [0.15, 0.2) is 48.5 Å². The second-order valence-electron chi connectivity index (χ2n) is 4.59. The third-order valence-corrected chi connectivity index (χ3v) is 2.97. The third-order valence-electron chi connectivity index (χ3n) is 2.97. The van der Waals surface area contributed by atoms with Crippen LogP contribution >= 0.6 is 0 Å². The van der Waals surface area contributed by atoms with E-state index in [4.69, 9.17) is 5.73 Å². The lowest BCUT2D eigenvalue weighted by atomic mass is 10.1. The molecular weight excluding hydrogens is 254 g/mol. The zero-order valence-electron chi connectivity index (χ0n) is 11.1. The summed E-state index contributed by atoms with van der Waals surface area (Å²) in [5.74, 6) is 0. The third kappa shape index (κ3) is 3.98. The Bertz CT molecular complexity index is 585. The highest BCUT2D eigenvalue weighted by Gasteiger charge is 2.07. The molecular formula is C15H17N3O2. The predicted octanol–water partition coefficient (Wildman–Crippen LogP) is 3.22. The Hall–Kier alpha value is -2.56. The van der Waals surface area contributed by atoms with E-state index < -0.39 is 4.92 Å². The van der Waals surface area contributed by atoms with E-state index in [0.29, 0.717) is 11.4 Å². The van der Waals surface area contributed by atoms with Crippen molar-refractivity contribution in [2.24, 2.45) is 0 Å². The number of anilines is 2. The van der Waals surface area contributed by atoms with Crippen LogP contribution < -0.4 is 11.1 Å². The van der Waals surface area contributed by atoms with Gasteiger partial charge in [0.1, 0.15) is 0 Å². The Labute approximate surface area is 117 Å². The summed E-state index contributed by atoms with van der Waals surface area (Å²) in [5, 5.41) is 13.9. The van der Waals surface area contributed by atoms with Gasteiger partial charge in [-0.3, -0.25) is 10.1 Å². The fraction of sp³-hybridized carbons (Fsp3) is 0.200. The van der Waals surface area contributed by atoms with Crippen LogP contribution in [-0.2, 0) is 6.42 Å². The summed E-state index contributed by atoms with van der Waals surface area (Å²) in [5.41, 5.74) is 8.02. The average Bonchev–Trinajstić information content (AvgIpc) is 2.44. The first kappa shape index (κ1) is 13.9. The maximum absolute atomic E-state index is 10.7. The molecule has 20 heavy (non-hydrogen) atoms. The molecule has 0 aliphatic heterocycles. The number of aryl methyl sites for hydroxylation is 1. The molecule has 0 atom stereocenters. The molecule has 0 amide bonds. The van der Waals surface area contributed by atoms with Crippen LogP contribution in [0.4, 0.5) is 17.1 Å². The van der Waals surface area contributed by atoms with Gasteiger partial charge in [-0.1, -0.05) is 30.3 Å². The summed E-state index contributed by atoms with van der Waals surface area (Å²) in [6.45, 7) is 0.746. The Kier molecular flexibility index (Phi) is 4.55. The fourth-order valence-electron chi connectivity index (χ4n) is 2.01. The highest BCUT2D eigenvalue weighted by molar-refractivity contribution is 5.61. The van der Waals surface area contributed by atoms with Crippen molar-refractivity contribution in [3.8, 4) is 0 Å². The van der Waals surface area contributed by atoms with Crippen LogP contribution in [0.5, 0.6) is 0 Å². The SMILES string of the molecule is Nc1cc(NCCCc2ccccc2)cc([N+](=O)[O-])c1. The molecule has 5 heteroatoms. The standard InChI is InChI=1S/C15H17N3O2/c16-13-9-14(11-15(10-13)18(19)20)17-8-4-7-12-5-2-1-3-6-12/h1-3,5-6,9-11,17H,4,7-8,16H2. The summed E-state index contributed by atoms with van der Waals surface area (Å²) in [7, 11) is 0. The lowest BCUT2D eigenvalue weighted by Gasteiger charge is -2.07. The summed E-state index contributed by atoms with van der Waals surface area (Å²) in [6.07, 6.45) is 1.92. The van der Waals surface area contributed by atoms with E-state index in [2.05, 4.69) is 17.4 Å². The molecule has 2 aromatic carbocycles. The van der Waals surface area contributed by atoms with Crippen molar-refractivity contribution in [1.29, 1.82) is 0 Å². The highest BCUT2D eigenvalue weighted by atomic mass is 16.6. The van der Waals surface area contributed by atoms with E-state index in [0.717, 1.165) is 19.4 Å². The first-order valence-corrected chi connectivity index (χ1v) is 6.48. The topological polar surface area (TPSA) is 81.2 Å². The molecule has 0 radical (unpaired) electrons. The average molecular weight is 271 g/mol. The largest absolute Gasteiger partial charge is 0.398 e. The number of nitrogens with two attached hydrogens (primary N) is 1. The smallest absolute Gasteiger partial charge is 0.273 e. The lowest BCUT2D eigenvalue weighted by Crippen LogP contribution is -2.04. The molecule has 0 aromatic heterocycles. The van der Waals surface area contributed by atoms with Gasteiger partial charge in [-0.05, 0) is 24.5 Å². The Morgan fingerprint density at radius 3 is 2.60 bits per heavy atom. The molecule has 0 aliphatic carbocycles. The molecule has 0 fully saturated rings. The quantitative estimate of drug-likeness (QED) is 0.366. The van der Waals surface area contributed by atoms with E-state index in [-0.39, 0.29) is 5.69 Å². The molecule has 0 saturated carbocycles. The zero-order chi connectivity index (χ0) is 14.4. The number of nitrogens with one attached hydrogen (secondary N) is 1. The maximum Gasteiger partial charge on any atom is 0.273 e. The normalized spacial score (nSPS) is 10.2. The Morgan fingerprint density at radius 2 is 1.90 bits per heavy atom. The van der Waals surface area contributed by atoms with Gasteiger partial charge in [0.15, 0.2) is 0 Å². The molecule has 0 bridgehead atoms. The van der Waals surface area contributed by atoms with Crippen LogP contribution in [0.25, 0.3) is 0 Å². The van der Waals surface area contributed by atoms with Crippen LogP contribution in [0.3, 0.4) is 0 Å². The van der Waals surface area contributed by atoms with Crippen LogP contribution in [0.2, 0.25) is 0 Å². The zero-order valence-corrected chi connectivity index (χ0v) is 11.1. The molecule has 0 heterocycles. The molecule has 5 nitrogen and oxygen atoms in total. The second-order valence-corrected chi connectivity index (χ2v) is 4.59. The van der Waals surface area contributed by atoms with Crippen LogP contribution in [-0.4, -0.2) is 11.5 Å². The minimum Gasteiger partial charge on any atom is -0.398 e. The number of hydrogen-bond donors (Lipinski definition) is 2. The number of rotatable bonds is 6. The van der Waals surface area contributed by atoms with Crippen molar-refractivity contribution < 1.29 is 4.92 Å². The van der Waals surface area contributed by atoms with E-state index >= 15 is 0 Å². The van der Waals surface area contributed by atoms with Crippen LogP contribution in [0, 0.1) is 10.1 Å². The van der Waals surface area contributed by atoms with Gasteiger partial charge in [0.2, 0.25) is 0 Å². The van der Waals surface area contributed by atoms with Gasteiger partial charge in [0, 0.05) is 30.1 Å². The first-order valence-electron chi connectivity index (χ1n) is 6.48. The molecule has 0 aliphatic rings. The van der Waals surface area contributed by atoms with Gasteiger partial charge in [-0.15, -0.1) is 0 Å². The van der Waals surface area contributed by atoms with E-state index in [1.54, 1.807) is 6.07 Å². The minimum absolute atomic E-state index is 0.00978. The monoisotopic (exact) mass is 271 g/mol. The molecule has 2 rings (SSSR count). The number of nitrogens with zero attached hydrogens (tertiary/aromatic N) is 1. The van der Waals surface area contributed by atoms with Crippen molar-refractivity contribution >= 4 is 17.1 Å². The summed E-state index contributed by atoms with van der Waals surface area (Å²) < 4.78 is 0. The molecule has 0 unspecified atom stereocenters. The predicted molar refractivity (Wildman–Crippen MR) is 80.8 cm³/mol. The summed E-state index contributed by atoms with van der Waals surface area (Å²) >= 11 is 0. The van der Waals surface area contributed by atoms with Gasteiger partial charge in [-0.2, -0.15) is 0 Å². The summed E-state index contributed by atoms with van der Waals surface area (Å²) in [6, 6.07) is 14.8. The molecule has 2 aromatic rings. The van der Waals surface area contributed by atoms with Crippen molar-refractivity contribution in [2.45, 2.75) is 12.8 Å². The Balaban J connectivity index is 1.86. The fourth-order valence-corrected chi connectivity index (χ4v) is 2.01. The number of non-ortho nitro benzene ring substituents is 1. The van der Waals surface area contributed by atoms with Gasteiger partial charge >= 0.3 is 0 Å². The highest BCUT2D eigenvalue weighted by Crippen LogP contribution is 2.22. The van der Waals surface area contributed by atoms with Crippen molar-refractivity contribution in [2.75, 3.05) is 17.6 Å². The van der Waals surface area contributed by atoms with E-state index in [1.807, 2.05) is 18.2 Å². The van der Waals surface area contributed by atoms with Gasteiger partial charge in [-0.25, -0.2) is 0 Å². The van der Waals surface area contributed by atoms with E-state index in [1.165, 1.54) is 17.7 Å². The van der Waals surface area contributed by atoms with Crippen molar-refractivity contribution in [3.63, 3.8) is 0 Å². The van der Waals surface area contributed by atoms with Crippen molar-refractivity contribution in [1.82, 2.24) is 0 Å². The maximum atomic E-state index is 10.7. The lowest BCUT2D eigenvalue weighted by molar-refractivity contribution is -0.384. The number of benzene rings is 2. The van der Waals surface area contributed by atoms with Gasteiger partial charge in [0.25, 0.3) is 5.69 Å². The number of hydrogen-bond acceptors (Lipinski definition) is 4. The number of nitro groups is 1. The van der Waals surface area contributed by atoms with Gasteiger partial charge in [0.05, 0.1) is 4.92 Å². The molecule has 0 spiro atoms. The minimum atomic E-state index is -0.439. The van der Waals surface area contributed by atoms with Crippen LogP contribution in [0.1, 0.15) is 12.0 Å². The van der Waals surface area contributed by atoms with Crippen molar-refractivity contribution in [3.05, 3.63) is 64.2 Å². The van der Waals surface area contributed by atoms with E-state index in [9.17, 15) is 10.1 Å². The number of nitrogen functional groups attached to an aromatic ring is 1. The number of nitro benzene ring substituents is 1. The second kappa shape index (κ2) is 6.56. The molecule has 0 saturated heterocycles. The molecule has 3 N–H and O–H groups in total.